The molecule has 0 radical (unpaired) electrons. The molecule has 0 saturated heterocycles. The van der Waals surface area contributed by atoms with Gasteiger partial charge in [-0.1, -0.05) is 38.1 Å². The molecule has 1 aromatic carbocycles. The van der Waals surface area contributed by atoms with Gasteiger partial charge in [0.15, 0.2) is 0 Å². The zero-order chi connectivity index (χ0) is 13.6. The summed E-state index contributed by atoms with van der Waals surface area (Å²) in [7, 11) is 0. The Morgan fingerprint density at radius 3 is 2.89 bits per heavy atom. The second kappa shape index (κ2) is 4.41. The molecule has 2 aliphatic rings. The van der Waals surface area contributed by atoms with Crippen LogP contribution in [0, 0.1) is 11.8 Å². The van der Waals surface area contributed by atoms with Crippen LogP contribution < -0.4 is 5.32 Å². The molecule has 0 amide bonds. The predicted molar refractivity (Wildman–Crippen MR) is 75.6 cm³/mol. The summed E-state index contributed by atoms with van der Waals surface area (Å²) in [6.07, 6.45) is 5.55. The third-order valence-corrected chi connectivity index (χ3v) is 4.39. The van der Waals surface area contributed by atoms with Gasteiger partial charge in [0, 0.05) is 12.0 Å². The molecular formula is C16H19NO2. The lowest BCUT2D eigenvalue weighted by molar-refractivity contribution is 0.0697. The van der Waals surface area contributed by atoms with E-state index in [1.165, 1.54) is 0 Å². The van der Waals surface area contributed by atoms with Crippen LogP contribution in [0.2, 0.25) is 0 Å². The van der Waals surface area contributed by atoms with E-state index in [9.17, 15) is 9.90 Å². The summed E-state index contributed by atoms with van der Waals surface area (Å²) in [5.74, 6) is 0.550. The number of anilines is 1. The Kier molecular flexibility index (Phi) is 2.85. The van der Waals surface area contributed by atoms with Crippen LogP contribution in [0.15, 0.2) is 30.4 Å². The van der Waals surface area contributed by atoms with E-state index >= 15 is 0 Å². The molecule has 3 rings (SSSR count). The normalized spacial score (nSPS) is 27.8. The van der Waals surface area contributed by atoms with Gasteiger partial charge in [0.05, 0.1) is 11.3 Å². The van der Waals surface area contributed by atoms with Gasteiger partial charge in [0.25, 0.3) is 0 Å². The van der Waals surface area contributed by atoms with Crippen molar-refractivity contribution in [1.82, 2.24) is 0 Å². The molecule has 0 fully saturated rings. The molecule has 0 saturated carbocycles. The Bertz CT molecular complexity index is 548. The standard InChI is InChI=1S/C16H19NO2/c1-9(2)14-11-6-3-5-10(11)12-7-4-8-13(16(18)19)15(12)17-14/h3-5,7-11,14,17H,6H2,1-2H3,(H,18,19)/t10-,11-,14-/m1/s1. The van der Waals surface area contributed by atoms with Crippen LogP contribution in [0.4, 0.5) is 5.69 Å². The average molecular weight is 257 g/mol. The molecule has 0 spiro atoms. The minimum absolute atomic E-state index is 0.341. The predicted octanol–water partition coefficient (Wildman–Crippen LogP) is 3.49. The van der Waals surface area contributed by atoms with Crippen molar-refractivity contribution in [2.45, 2.75) is 32.2 Å². The molecule has 0 bridgehead atoms. The summed E-state index contributed by atoms with van der Waals surface area (Å²) in [6.45, 7) is 4.39. The molecule has 2 N–H and O–H groups in total. The smallest absolute Gasteiger partial charge is 0.337 e. The molecule has 3 heteroatoms. The van der Waals surface area contributed by atoms with Crippen LogP contribution in [-0.2, 0) is 0 Å². The van der Waals surface area contributed by atoms with Crippen molar-refractivity contribution < 1.29 is 9.90 Å². The van der Waals surface area contributed by atoms with Crippen molar-refractivity contribution in [2.24, 2.45) is 11.8 Å². The molecule has 1 heterocycles. The van der Waals surface area contributed by atoms with E-state index < -0.39 is 5.97 Å². The first kappa shape index (κ1) is 12.3. The Labute approximate surface area is 113 Å². The molecule has 3 atom stereocenters. The van der Waals surface area contributed by atoms with Crippen LogP contribution in [-0.4, -0.2) is 17.1 Å². The second-order valence-electron chi connectivity index (χ2n) is 5.84. The van der Waals surface area contributed by atoms with E-state index in [0.29, 0.717) is 29.4 Å². The van der Waals surface area contributed by atoms with Crippen molar-refractivity contribution in [2.75, 3.05) is 5.32 Å². The van der Waals surface area contributed by atoms with Gasteiger partial charge in [-0.15, -0.1) is 0 Å². The van der Waals surface area contributed by atoms with Crippen LogP contribution in [0.3, 0.4) is 0 Å². The number of para-hydroxylation sites is 1. The Morgan fingerprint density at radius 1 is 1.42 bits per heavy atom. The van der Waals surface area contributed by atoms with E-state index in [1.54, 1.807) is 6.07 Å². The SMILES string of the molecule is CC(C)[C@H]1Nc2c(C(=O)O)cccc2[C@@H]2C=CC[C@@H]12. The molecule has 1 aliphatic heterocycles. The molecule has 100 valence electrons. The number of fused-ring (bicyclic) bond motifs is 3. The first-order valence-electron chi connectivity index (χ1n) is 6.89. The Hall–Kier alpha value is -1.77. The fourth-order valence-corrected chi connectivity index (χ4v) is 3.50. The zero-order valence-electron chi connectivity index (χ0n) is 11.3. The number of rotatable bonds is 2. The maximum Gasteiger partial charge on any atom is 0.337 e. The van der Waals surface area contributed by atoms with Gasteiger partial charge in [-0.3, -0.25) is 0 Å². The van der Waals surface area contributed by atoms with Gasteiger partial charge in [-0.25, -0.2) is 4.79 Å². The number of carboxylic acids is 1. The summed E-state index contributed by atoms with van der Waals surface area (Å²) in [5.41, 5.74) is 2.35. The fraction of sp³-hybridized carbons (Fsp3) is 0.438. The average Bonchev–Trinajstić information content (AvgIpc) is 2.85. The number of carboxylic acid groups (broad SMARTS) is 1. The minimum atomic E-state index is -0.854. The van der Waals surface area contributed by atoms with Gasteiger partial charge in [-0.2, -0.15) is 0 Å². The number of hydrogen-bond acceptors (Lipinski definition) is 2. The lowest BCUT2D eigenvalue weighted by atomic mass is 9.75. The highest BCUT2D eigenvalue weighted by Crippen LogP contribution is 2.47. The second-order valence-corrected chi connectivity index (χ2v) is 5.84. The van der Waals surface area contributed by atoms with Crippen molar-refractivity contribution in [3.05, 3.63) is 41.5 Å². The number of allylic oxidation sites excluding steroid dienone is 2. The van der Waals surface area contributed by atoms with Crippen LogP contribution >= 0.6 is 0 Å². The minimum Gasteiger partial charge on any atom is -0.478 e. The highest BCUT2D eigenvalue weighted by Gasteiger charge is 2.39. The van der Waals surface area contributed by atoms with Crippen molar-refractivity contribution in [1.29, 1.82) is 0 Å². The maximum atomic E-state index is 11.4. The molecule has 3 nitrogen and oxygen atoms in total. The highest BCUT2D eigenvalue weighted by molar-refractivity contribution is 5.95. The van der Waals surface area contributed by atoms with Crippen molar-refractivity contribution in [3.8, 4) is 0 Å². The quantitative estimate of drug-likeness (QED) is 0.797. The lowest BCUT2D eigenvalue weighted by Gasteiger charge is -2.40. The maximum absolute atomic E-state index is 11.4. The Morgan fingerprint density at radius 2 is 2.21 bits per heavy atom. The van der Waals surface area contributed by atoms with Gasteiger partial charge < -0.3 is 10.4 Å². The van der Waals surface area contributed by atoms with Crippen LogP contribution in [0.1, 0.15) is 42.1 Å². The molecule has 1 aromatic rings. The molecule has 0 aromatic heterocycles. The van der Waals surface area contributed by atoms with Crippen LogP contribution in [0.5, 0.6) is 0 Å². The number of nitrogens with one attached hydrogen (secondary N) is 1. The fourth-order valence-electron chi connectivity index (χ4n) is 3.50. The molecule has 19 heavy (non-hydrogen) atoms. The topological polar surface area (TPSA) is 49.3 Å². The van der Waals surface area contributed by atoms with Crippen molar-refractivity contribution in [3.63, 3.8) is 0 Å². The first-order chi connectivity index (χ1) is 9.09. The van der Waals surface area contributed by atoms with E-state index in [2.05, 4.69) is 37.4 Å². The zero-order valence-corrected chi connectivity index (χ0v) is 11.3. The third-order valence-electron chi connectivity index (χ3n) is 4.39. The summed E-state index contributed by atoms with van der Waals surface area (Å²) in [6, 6.07) is 5.93. The van der Waals surface area contributed by atoms with E-state index in [1.807, 2.05) is 6.07 Å². The highest BCUT2D eigenvalue weighted by atomic mass is 16.4. The number of benzene rings is 1. The molecule has 0 unspecified atom stereocenters. The van der Waals surface area contributed by atoms with E-state index in [0.717, 1.165) is 17.7 Å². The largest absolute Gasteiger partial charge is 0.478 e. The number of hydrogen-bond donors (Lipinski definition) is 2. The Balaban J connectivity index is 2.13. The summed E-state index contributed by atoms with van der Waals surface area (Å²) in [5, 5.41) is 12.8. The molecular weight excluding hydrogens is 238 g/mol. The monoisotopic (exact) mass is 257 g/mol. The number of carbonyl (C=O) groups is 1. The first-order valence-corrected chi connectivity index (χ1v) is 6.89. The van der Waals surface area contributed by atoms with E-state index in [4.69, 9.17) is 0 Å². The van der Waals surface area contributed by atoms with Gasteiger partial charge in [-0.05, 0) is 29.9 Å². The lowest BCUT2D eigenvalue weighted by Crippen LogP contribution is -2.40. The summed E-state index contributed by atoms with van der Waals surface area (Å²) < 4.78 is 0. The van der Waals surface area contributed by atoms with E-state index in [-0.39, 0.29) is 0 Å². The number of aromatic carboxylic acids is 1. The van der Waals surface area contributed by atoms with Gasteiger partial charge >= 0.3 is 5.97 Å². The molecule has 1 aliphatic carbocycles. The third kappa shape index (κ3) is 1.84. The van der Waals surface area contributed by atoms with Gasteiger partial charge in [0.2, 0.25) is 0 Å². The van der Waals surface area contributed by atoms with Crippen molar-refractivity contribution >= 4 is 11.7 Å². The van der Waals surface area contributed by atoms with Gasteiger partial charge in [0.1, 0.15) is 0 Å². The summed E-state index contributed by atoms with van der Waals surface area (Å²) >= 11 is 0. The summed E-state index contributed by atoms with van der Waals surface area (Å²) in [4.78, 5) is 11.4. The van der Waals surface area contributed by atoms with Crippen LogP contribution in [0.25, 0.3) is 0 Å².